The minimum absolute atomic E-state index is 0.102. The predicted octanol–water partition coefficient (Wildman–Crippen LogP) is -0.801. The van der Waals surface area contributed by atoms with E-state index in [4.69, 9.17) is 10.3 Å². The van der Waals surface area contributed by atoms with Crippen LogP contribution in [0.15, 0.2) is 12.2 Å². The number of carbonyl (C=O) groups excluding carboxylic acids is 1. The Labute approximate surface area is 76.7 Å². The maximum atomic E-state index is 10.7. The minimum atomic E-state index is -4.46. The van der Waals surface area contributed by atoms with Crippen LogP contribution >= 0.6 is 0 Å². The zero-order chi connectivity index (χ0) is 10.5. The molecular formula is C6H12N2O4S. The number of hydrogen-bond acceptors (Lipinski definition) is 4. The van der Waals surface area contributed by atoms with Crippen LogP contribution < -0.4 is 10.5 Å². The highest BCUT2D eigenvalue weighted by Crippen LogP contribution is 1.88. The lowest BCUT2D eigenvalue weighted by atomic mass is 10.2. The lowest BCUT2D eigenvalue weighted by Crippen LogP contribution is -2.28. The first-order valence-electron chi connectivity index (χ1n) is 3.52. The molecule has 0 aliphatic heterocycles. The quantitative estimate of drug-likeness (QED) is 0.414. The number of carbonyl (C=O) groups is 1. The van der Waals surface area contributed by atoms with Crippen LogP contribution in [0.5, 0.6) is 0 Å². The fourth-order valence-electron chi connectivity index (χ4n) is 0.551. The molecule has 76 valence electrons. The Bertz CT molecular complexity index is 294. The Morgan fingerprint density at radius 1 is 1.69 bits per heavy atom. The van der Waals surface area contributed by atoms with Gasteiger partial charge in [-0.25, -0.2) is 4.72 Å². The van der Waals surface area contributed by atoms with Gasteiger partial charge in [0.25, 0.3) is 5.91 Å². The molecular weight excluding hydrogens is 196 g/mol. The molecule has 0 saturated heterocycles. The molecule has 1 unspecified atom stereocenters. The molecule has 0 fully saturated rings. The van der Waals surface area contributed by atoms with Gasteiger partial charge in [0, 0.05) is 12.1 Å². The van der Waals surface area contributed by atoms with Crippen LogP contribution in [0, 0.1) is 0 Å². The van der Waals surface area contributed by atoms with Gasteiger partial charge in [0.2, 0.25) is 0 Å². The average molecular weight is 208 g/mol. The summed E-state index contributed by atoms with van der Waals surface area (Å²) in [5.41, 5.74) is 5.36. The summed E-state index contributed by atoms with van der Waals surface area (Å²) in [5, 5.41) is 0. The van der Waals surface area contributed by atoms with E-state index in [2.05, 4.69) is 0 Å². The number of hydrogen-bond donors (Lipinski definition) is 3. The van der Waals surface area contributed by atoms with E-state index in [0.717, 1.165) is 6.08 Å². The molecule has 0 spiro atoms. The van der Waals surface area contributed by atoms with E-state index >= 15 is 0 Å². The zero-order valence-electron chi connectivity index (χ0n) is 7.10. The second kappa shape index (κ2) is 4.95. The monoisotopic (exact) mass is 208 g/mol. The highest BCUT2D eigenvalue weighted by Gasteiger charge is 2.05. The van der Waals surface area contributed by atoms with Crippen molar-refractivity contribution in [2.45, 2.75) is 19.4 Å². The summed E-state index contributed by atoms with van der Waals surface area (Å²) in [6, 6.07) is -0.102. The van der Waals surface area contributed by atoms with Crippen molar-refractivity contribution in [2.24, 2.45) is 5.73 Å². The van der Waals surface area contributed by atoms with Crippen LogP contribution in [0.4, 0.5) is 0 Å². The smallest absolute Gasteiger partial charge is 0.328 e. The largest absolute Gasteiger partial charge is 0.359 e. The van der Waals surface area contributed by atoms with Gasteiger partial charge in [0.05, 0.1) is 0 Å². The molecule has 0 bridgehead atoms. The van der Waals surface area contributed by atoms with Crippen LogP contribution in [0.3, 0.4) is 0 Å². The van der Waals surface area contributed by atoms with E-state index in [9.17, 15) is 13.2 Å². The average Bonchev–Trinajstić information content (AvgIpc) is 1.81. The van der Waals surface area contributed by atoms with Crippen LogP contribution in [0.2, 0.25) is 0 Å². The van der Waals surface area contributed by atoms with Gasteiger partial charge in [0.15, 0.2) is 0 Å². The van der Waals surface area contributed by atoms with Crippen LogP contribution in [0.1, 0.15) is 13.3 Å². The maximum Gasteiger partial charge on any atom is 0.359 e. The van der Waals surface area contributed by atoms with E-state index in [1.54, 1.807) is 6.92 Å². The van der Waals surface area contributed by atoms with Gasteiger partial charge in [0.1, 0.15) is 0 Å². The van der Waals surface area contributed by atoms with Crippen molar-refractivity contribution < 1.29 is 17.8 Å². The van der Waals surface area contributed by atoms with Crippen molar-refractivity contribution in [2.75, 3.05) is 0 Å². The lowest BCUT2D eigenvalue weighted by Gasteiger charge is -1.97. The molecule has 0 saturated carbocycles. The van der Waals surface area contributed by atoms with Gasteiger partial charge in [-0.2, -0.15) is 8.42 Å². The molecule has 0 radical (unpaired) electrons. The van der Waals surface area contributed by atoms with Gasteiger partial charge in [-0.1, -0.05) is 6.08 Å². The second-order valence-corrected chi connectivity index (χ2v) is 3.71. The van der Waals surface area contributed by atoms with Crippen LogP contribution in [-0.4, -0.2) is 24.9 Å². The van der Waals surface area contributed by atoms with Gasteiger partial charge < -0.3 is 5.73 Å². The fraction of sp³-hybridized carbons (Fsp3) is 0.500. The molecule has 0 rings (SSSR count). The van der Waals surface area contributed by atoms with Crippen molar-refractivity contribution in [1.82, 2.24) is 4.72 Å². The molecule has 0 heterocycles. The summed E-state index contributed by atoms with van der Waals surface area (Å²) in [4.78, 5) is 10.7. The molecule has 0 aliphatic rings. The van der Waals surface area contributed by atoms with Crippen molar-refractivity contribution in [3.05, 3.63) is 12.2 Å². The molecule has 1 amide bonds. The summed E-state index contributed by atoms with van der Waals surface area (Å²) >= 11 is 0. The van der Waals surface area contributed by atoms with Gasteiger partial charge >= 0.3 is 10.3 Å². The Kier molecular flexibility index (Phi) is 4.60. The summed E-state index contributed by atoms with van der Waals surface area (Å²) in [6.45, 7) is 1.74. The zero-order valence-corrected chi connectivity index (χ0v) is 7.91. The van der Waals surface area contributed by atoms with E-state index in [0.29, 0.717) is 6.42 Å². The normalized spacial score (nSPS) is 14.4. The van der Waals surface area contributed by atoms with Crippen LogP contribution in [0.25, 0.3) is 0 Å². The molecule has 6 nitrogen and oxygen atoms in total. The van der Waals surface area contributed by atoms with Crippen LogP contribution in [-0.2, 0) is 15.1 Å². The molecule has 0 aromatic rings. The summed E-state index contributed by atoms with van der Waals surface area (Å²) in [5.74, 6) is -0.900. The van der Waals surface area contributed by atoms with E-state index in [1.165, 1.54) is 10.8 Å². The Balaban J connectivity index is 3.96. The Morgan fingerprint density at radius 3 is 2.62 bits per heavy atom. The minimum Gasteiger partial charge on any atom is -0.328 e. The third-order valence-corrected chi connectivity index (χ3v) is 1.47. The SMILES string of the molecule is CC(N)CC=CC(=O)NS(=O)(=O)O. The van der Waals surface area contributed by atoms with Gasteiger partial charge in [-0.15, -0.1) is 0 Å². The summed E-state index contributed by atoms with van der Waals surface area (Å²) in [6.07, 6.45) is 2.88. The molecule has 0 aromatic heterocycles. The Morgan fingerprint density at radius 2 is 2.23 bits per heavy atom. The van der Waals surface area contributed by atoms with Crippen molar-refractivity contribution in [3.63, 3.8) is 0 Å². The van der Waals surface area contributed by atoms with Gasteiger partial charge in [-0.05, 0) is 13.3 Å². The third kappa shape index (κ3) is 8.99. The van der Waals surface area contributed by atoms with E-state index in [-0.39, 0.29) is 6.04 Å². The van der Waals surface area contributed by atoms with Gasteiger partial charge in [-0.3, -0.25) is 9.35 Å². The molecule has 0 aromatic carbocycles. The highest BCUT2D eigenvalue weighted by atomic mass is 32.2. The van der Waals surface area contributed by atoms with E-state index in [1.807, 2.05) is 0 Å². The number of nitrogens with one attached hydrogen (secondary N) is 1. The van der Waals surface area contributed by atoms with Crippen molar-refractivity contribution >= 4 is 16.2 Å². The summed E-state index contributed by atoms with van der Waals surface area (Å²) < 4.78 is 29.7. The maximum absolute atomic E-state index is 10.7. The predicted molar refractivity (Wildman–Crippen MR) is 47.1 cm³/mol. The lowest BCUT2D eigenvalue weighted by molar-refractivity contribution is -0.114. The molecule has 7 heteroatoms. The molecule has 4 N–H and O–H groups in total. The molecule has 13 heavy (non-hydrogen) atoms. The first kappa shape index (κ1) is 12.1. The number of rotatable bonds is 4. The molecule has 0 aliphatic carbocycles. The number of nitrogens with two attached hydrogens (primary N) is 1. The first-order chi connectivity index (χ1) is 5.81. The Hall–Kier alpha value is -0.920. The highest BCUT2D eigenvalue weighted by molar-refractivity contribution is 7.84. The molecule has 1 atom stereocenters. The topological polar surface area (TPSA) is 109 Å². The fourth-order valence-corrected chi connectivity index (χ4v) is 0.873. The second-order valence-electron chi connectivity index (χ2n) is 2.56. The standard InChI is InChI=1S/C6H12N2O4S/c1-5(7)3-2-4-6(9)8-13(10,11)12/h2,4-5H,3,7H2,1H3,(H,8,9)(H,10,11,12). The first-order valence-corrected chi connectivity index (χ1v) is 4.96. The van der Waals surface area contributed by atoms with Crippen molar-refractivity contribution in [3.8, 4) is 0 Å². The van der Waals surface area contributed by atoms with Crippen molar-refractivity contribution in [1.29, 1.82) is 0 Å². The number of amides is 1. The van der Waals surface area contributed by atoms with E-state index < -0.39 is 16.2 Å². The third-order valence-electron chi connectivity index (χ3n) is 1.01. The summed E-state index contributed by atoms with van der Waals surface area (Å²) in [7, 11) is -4.46.